The van der Waals surface area contributed by atoms with Crippen molar-refractivity contribution in [2.45, 2.75) is 18.6 Å². The van der Waals surface area contributed by atoms with Crippen molar-refractivity contribution in [3.63, 3.8) is 0 Å². The van der Waals surface area contributed by atoms with Gasteiger partial charge < -0.3 is 29.2 Å². The van der Waals surface area contributed by atoms with Crippen LogP contribution in [-0.4, -0.2) is 55.6 Å². The first-order valence-electron chi connectivity index (χ1n) is 11.0. The van der Waals surface area contributed by atoms with Crippen LogP contribution in [0.4, 0.5) is 0 Å². The highest BCUT2D eigenvalue weighted by Gasteiger charge is 2.13. The Morgan fingerprint density at radius 2 is 1.88 bits per heavy atom. The van der Waals surface area contributed by atoms with Gasteiger partial charge in [0.2, 0.25) is 5.91 Å². The second-order valence-corrected chi connectivity index (χ2v) is 8.75. The van der Waals surface area contributed by atoms with Gasteiger partial charge in [0.05, 0.1) is 50.5 Å². The SMILES string of the molecule is COc1cc2nc(CSCCNC(=O)Cc3ccc4c(c3)OCCCO4)[nH]c(=O)c2cc1OC. The van der Waals surface area contributed by atoms with E-state index >= 15 is 0 Å². The number of rotatable bonds is 9. The van der Waals surface area contributed by atoms with Crippen molar-refractivity contribution in [3.8, 4) is 23.0 Å². The first-order valence-corrected chi connectivity index (χ1v) is 12.1. The van der Waals surface area contributed by atoms with Gasteiger partial charge in [0.25, 0.3) is 5.56 Å². The maximum absolute atomic E-state index is 12.5. The van der Waals surface area contributed by atoms with Crippen molar-refractivity contribution in [2.24, 2.45) is 0 Å². The van der Waals surface area contributed by atoms with Crippen molar-refractivity contribution in [1.82, 2.24) is 15.3 Å². The molecule has 1 aliphatic heterocycles. The molecule has 0 saturated carbocycles. The predicted octanol–water partition coefficient (Wildman–Crippen LogP) is 2.69. The van der Waals surface area contributed by atoms with Gasteiger partial charge >= 0.3 is 0 Å². The van der Waals surface area contributed by atoms with E-state index in [1.165, 1.54) is 14.2 Å². The number of nitrogens with one attached hydrogen (secondary N) is 2. The molecular weight excluding hydrogens is 458 g/mol. The van der Waals surface area contributed by atoms with E-state index in [1.54, 1.807) is 23.9 Å². The summed E-state index contributed by atoms with van der Waals surface area (Å²) in [6, 6.07) is 8.91. The quantitative estimate of drug-likeness (QED) is 0.445. The van der Waals surface area contributed by atoms with E-state index < -0.39 is 0 Å². The summed E-state index contributed by atoms with van der Waals surface area (Å²) in [5.74, 6) is 4.09. The van der Waals surface area contributed by atoms with E-state index in [9.17, 15) is 9.59 Å². The van der Waals surface area contributed by atoms with Crippen molar-refractivity contribution < 1.29 is 23.7 Å². The maximum Gasteiger partial charge on any atom is 0.258 e. The van der Waals surface area contributed by atoms with Gasteiger partial charge in [-0.25, -0.2) is 4.98 Å². The van der Waals surface area contributed by atoms with E-state index in [2.05, 4.69) is 15.3 Å². The Balaban J connectivity index is 1.26. The van der Waals surface area contributed by atoms with Gasteiger partial charge in [-0.1, -0.05) is 6.07 Å². The molecule has 0 spiro atoms. The lowest BCUT2D eigenvalue weighted by atomic mass is 10.1. The van der Waals surface area contributed by atoms with E-state index in [1.807, 2.05) is 18.2 Å². The van der Waals surface area contributed by atoms with Gasteiger partial charge in [0.1, 0.15) is 5.82 Å². The number of carbonyl (C=O) groups excluding carboxylic acids is 1. The molecule has 0 fully saturated rings. The average Bonchev–Trinajstić information content (AvgIpc) is 3.08. The highest BCUT2D eigenvalue weighted by molar-refractivity contribution is 7.98. The molecule has 2 aromatic carbocycles. The first kappa shape index (κ1) is 23.7. The number of ether oxygens (including phenoxy) is 4. The third-order valence-corrected chi connectivity index (χ3v) is 6.21. The number of fused-ring (bicyclic) bond motifs is 2. The van der Waals surface area contributed by atoms with Crippen LogP contribution in [0, 0.1) is 0 Å². The third-order valence-electron chi connectivity index (χ3n) is 5.24. The number of benzene rings is 2. The number of thioether (sulfide) groups is 1. The summed E-state index contributed by atoms with van der Waals surface area (Å²) < 4.78 is 21.9. The van der Waals surface area contributed by atoms with Crippen LogP contribution in [0.1, 0.15) is 17.8 Å². The van der Waals surface area contributed by atoms with Crippen LogP contribution in [0.15, 0.2) is 35.1 Å². The second-order valence-electron chi connectivity index (χ2n) is 7.65. The summed E-state index contributed by atoms with van der Waals surface area (Å²) in [5.41, 5.74) is 1.19. The molecule has 2 heterocycles. The first-order chi connectivity index (χ1) is 16.6. The molecule has 0 unspecified atom stereocenters. The van der Waals surface area contributed by atoms with Gasteiger partial charge in [-0.3, -0.25) is 9.59 Å². The summed E-state index contributed by atoms with van der Waals surface area (Å²) >= 11 is 1.57. The third kappa shape index (κ3) is 5.74. The molecule has 3 aromatic rings. The second kappa shape index (κ2) is 11.1. The minimum atomic E-state index is -0.231. The monoisotopic (exact) mass is 485 g/mol. The largest absolute Gasteiger partial charge is 0.493 e. The lowest BCUT2D eigenvalue weighted by Gasteiger charge is -2.10. The Kier molecular flexibility index (Phi) is 7.79. The molecule has 1 aliphatic rings. The van der Waals surface area contributed by atoms with Gasteiger partial charge in [-0.2, -0.15) is 11.8 Å². The summed E-state index contributed by atoms with van der Waals surface area (Å²) in [7, 11) is 3.06. The summed E-state index contributed by atoms with van der Waals surface area (Å²) in [6.45, 7) is 1.76. The van der Waals surface area contributed by atoms with Crippen molar-refractivity contribution >= 4 is 28.6 Å². The number of H-pyrrole nitrogens is 1. The number of hydrogen-bond acceptors (Lipinski definition) is 8. The van der Waals surface area contributed by atoms with E-state index in [-0.39, 0.29) is 17.9 Å². The predicted molar refractivity (Wildman–Crippen MR) is 130 cm³/mol. The minimum absolute atomic E-state index is 0.0617. The number of hydrogen-bond donors (Lipinski definition) is 2. The Morgan fingerprint density at radius 1 is 1.12 bits per heavy atom. The van der Waals surface area contributed by atoms with Crippen LogP contribution in [0.2, 0.25) is 0 Å². The molecular formula is C24H27N3O6S. The molecule has 0 saturated heterocycles. The molecule has 10 heteroatoms. The molecule has 4 rings (SSSR count). The van der Waals surface area contributed by atoms with Gasteiger partial charge in [-0.15, -0.1) is 0 Å². The van der Waals surface area contributed by atoms with E-state index in [4.69, 9.17) is 18.9 Å². The van der Waals surface area contributed by atoms with Crippen molar-refractivity contribution in [1.29, 1.82) is 0 Å². The average molecular weight is 486 g/mol. The molecule has 0 aliphatic carbocycles. The lowest BCUT2D eigenvalue weighted by molar-refractivity contribution is -0.120. The van der Waals surface area contributed by atoms with Crippen LogP contribution in [0.25, 0.3) is 10.9 Å². The van der Waals surface area contributed by atoms with Crippen LogP contribution in [-0.2, 0) is 17.0 Å². The summed E-state index contributed by atoms with van der Waals surface area (Å²) in [4.78, 5) is 32.1. The molecule has 1 aromatic heterocycles. The zero-order chi connectivity index (χ0) is 23.9. The molecule has 9 nitrogen and oxygen atoms in total. The fraction of sp³-hybridized carbons (Fsp3) is 0.375. The standard InChI is InChI=1S/C24H27N3O6S/c1-30-19-12-16-17(13-20(19)31-2)26-22(27-24(16)29)14-34-9-6-25-23(28)11-15-4-5-18-21(10-15)33-8-3-7-32-18/h4-5,10,12-13H,3,6-9,11,14H2,1-2H3,(H,25,28)(H,26,27,29). The van der Waals surface area contributed by atoms with Gasteiger partial charge in [0.15, 0.2) is 23.0 Å². The normalized spacial score (nSPS) is 12.8. The Bertz CT molecular complexity index is 1230. The van der Waals surface area contributed by atoms with Crippen LogP contribution in [0.3, 0.4) is 0 Å². The molecule has 0 atom stereocenters. The molecule has 1 amide bonds. The van der Waals surface area contributed by atoms with Crippen LogP contribution >= 0.6 is 11.8 Å². The minimum Gasteiger partial charge on any atom is -0.493 e. The highest BCUT2D eigenvalue weighted by atomic mass is 32.2. The topological polar surface area (TPSA) is 112 Å². The van der Waals surface area contributed by atoms with Crippen molar-refractivity contribution in [2.75, 3.05) is 39.7 Å². The number of carbonyl (C=O) groups is 1. The molecule has 0 radical (unpaired) electrons. The number of aromatic nitrogens is 2. The number of aromatic amines is 1. The van der Waals surface area contributed by atoms with Gasteiger partial charge in [-0.05, 0) is 23.8 Å². The highest BCUT2D eigenvalue weighted by Crippen LogP contribution is 2.31. The molecule has 2 N–H and O–H groups in total. The summed E-state index contributed by atoms with van der Waals surface area (Å²) in [6.07, 6.45) is 1.11. The zero-order valence-corrected chi connectivity index (χ0v) is 20.0. The fourth-order valence-corrected chi connectivity index (χ4v) is 4.30. The molecule has 180 valence electrons. The van der Waals surface area contributed by atoms with Crippen LogP contribution in [0.5, 0.6) is 23.0 Å². The van der Waals surface area contributed by atoms with Crippen LogP contribution < -0.4 is 29.8 Å². The Labute approximate surface area is 201 Å². The number of methoxy groups -OCH3 is 2. The fourth-order valence-electron chi connectivity index (χ4n) is 3.58. The van der Waals surface area contributed by atoms with E-state index in [0.717, 1.165) is 17.7 Å². The summed E-state index contributed by atoms with van der Waals surface area (Å²) in [5, 5.41) is 3.36. The van der Waals surface area contributed by atoms with Gasteiger partial charge in [0, 0.05) is 24.8 Å². The van der Waals surface area contributed by atoms with E-state index in [0.29, 0.717) is 65.2 Å². The Hall–Kier alpha value is -3.40. The molecule has 34 heavy (non-hydrogen) atoms. The Morgan fingerprint density at radius 3 is 2.68 bits per heavy atom. The molecule has 0 bridgehead atoms. The zero-order valence-electron chi connectivity index (χ0n) is 19.1. The van der Waals surface area contributed by atoms with Crippen molar-refractivity contribution in [3.05, 3.63) is 52.1 Å². The number of nitrogens with zero attached hydrogens (tertiary/aromatic N) is 1. The maximum atomic E-state index is 12.5. The smallest absolute Gasteiger partial charge is 0.258 e. The lowest BCUT2D eigenvalue weighted by Crippen LogP contribution is -2.27. The number of amides is 1.